The molecule has 2 heterocycles. The molecule has 4 rings (SSSR count). The quantitative estimate of drug-likeness (QED) is 0.338. The fraction of sp³-hybridized carbons (Fsp3) is 0.346. The van der Waals surface area contributed by atoms with Gasteiger partial charge in [-0.25, -0.2) is 9.78 Å². The van der Waals surface area contributed by atoms with E-state index in [1.165, 1.54) is 4.90 Å². The van der Waals surface area contributed by atoms with Gasteiger partial charge in [-0.1, -0.05) is 53.7 Å². The molecule has 34 heavy (non-hydrogen) atoms. The van der Waals surface area contributed by atoms with E-state index in [0.717, 1.165) is 29.2 Å². The first-order valence-corrected chi connectivity index (χ1v) is 12.3. The van der Waals surface area contributed by atoms with Crippen LogP contribution >= 0.6 is 11.8 Å². The highest BCUT2D eigenvalue weighted by Gasteiger charge is 2.32. The summed E-state index contributed by atoms with van der Waals surface area (Å²) in [6.07, 6.45) is 1.45. The van der Waals surface area contributed by atoms with Crippen molar-refractivity contribution >= 4 is 23.6 Å². The first-order valence-electron chi connectivity index (χ1n) is 11.3. The molecule has 0 atom stereocenters. The number of aromatic nitrogens is 2. The lowest BCUT2D eigenvalue weighted by molar-refractivity contribution is 0.0252. The number of hydrogen-bond donors (Lipinski definition) is 0. The van der Waals surface area contributed by atoms with E-state index >= 15 is 0 Å². The molecule has 0 saturated heterocycles. The third-order valence-corrected chi connectivity index (χ3v) is 6.14. The molecule has 0 N–H and O–H groups in total. The van der Waals surface area contributed by atoms with Crippen molar-refractivity contribution in [2.24, 2.45) is 5.16 Å². The zero-order valence-corrected chi connectivity index (χ0v) is 20.6. The van der Waals surface area contributed by atoms with Crippen LogP contribution in [-0.4, -0.2) is 44.2 Å². The number of oxime groups is 1. The summed E-state index contributed by atoms with van der Waals surface area (Å²) >= 11 is 1.79. The van der Waals surface area contributed by atoms with Crippen molar-refractivity contribution in [3.63, 3.8) is 0 Å². The number of carbonyl (C=O) groups excluding carboxylic acids is 1. The van der Waals surface area contributed by atoms with E-state index in [2.05, 4.69) is 26.8 Å². The molecule has 0 fully saturated rings. The predicted molar refractivity (Wildman–Crippen MR) is 134 cm³/mol. The summed E-state index contributed by atoms with van der Waals surface area (Å²) in [7, 11) is 0. The third-order valence-electron chi connectivity index (χ3n) is 5.15. The number of imidazole rings is 1. The highest BCUT2D eigenvalue weighted by atomic mass is 32.2. The average Bonchev–Trinajstić information content (AvgIpc) is 3.22. The van der Waals surface area contributed by atoms with Crippen molar-refractivity contribution in [2.45, 2.75) is 51.0 Å². The Bertz CT molecular complexity index is 1120. The Morgan fingerprint density at radius 2 is 1.76 bits per heavy atom. The van der Waals surface area contributed by atoms with Gasteiger partial charge in [-0.3, -0.25) is 4.90 Å². The minimum absolute atomic E-state index is 0.284. The number of rotatable bonds is 7. The van der Waals surface area contributed by atoms with Gasteiger partial charge in [0.2, 0.25) is 0 Å². The molecule has 2 aromatic carbocycles. The van der Waals surface area contributed by atoms with Gasteiger partial charge in [0, 0.05) is 17.2 Å². The van der Waals surface area contributed by atoms with E-state index in [1.807, 2.05) is 75.6 Å². The number of fused-ring (bicyclic) bond motifs is 1. The topological polar surface area (TPSA) is 68.9 Å². The summed E-state index contributed by atoms with van der Waals surface area (Å²) in [6, 6.07) is 20.2. The molecule has 1 aromatic heterocycles. The zero-order chi connectivity index (χ0) is 24.0. The van der Waals surface area contributed by atoms with E-state index in [1.54, 1.807) is 16.7 Å². The number of ether oxygens (including phenoxy) is 1. The predicted octanol–water partition coefficient (Wildman–Crippen LogP) is 5.35. The molecule has 7 nitrogen and oxygen atoms in total. The fourth-order valence-corrected chi connectivity index (χ4v) is 4.44. The van der Waals surface area contributed by atoms with Crippen LogP contribution in [0.5, 0.6) is 0 Å². The molecule has 1 aliphatic heterocycles. The van der Waals surface area contributed by atoms with Gasteiger partial charge in [-0.15, -0.1) is 11.8 Å². The molecule has 178 valence electrons. The largest absolute Gasteiger partial charge is 0.444 e. The summed E-state index contributed by atoms with van der Waals surface area (Å²) in [5.74, 6) is 0.885. The van der Waals surface area contributed by atoms with Crippen LogP contribution in [0.3, 0.4) is 0 Å². The number of nitrogens with zero attached hydrogens (tertiary/aromatic N) is 4. The maximum Gasteiger partial charge on any atom is 0.411 e. The van der Waals surface area contributed by atoms with Crippen molar-refractivity contribution in [3.05, 3.63) is 83.9 Å². The van der Waals surface area contributed by atoms with Gasteiger partial charge in [0.05, 0.1) is 25.1 Å². The van der Waals surface area contributed by atoms with Gasteiger partial charge in [0.25, 0.3) is 0 Å². The Hall–Kier alpha value is -3.26. The Balaban J connectivity index is 1.51. The number of benzene rings is 2. The Morgan fingerprint density at radius 3 is 2.47 bits per heavy atom. The van der Waals surface area contributed by atoms with Gasteiger partial charge >= 0.3 is 6.09 Å². The molecule has 1 amide bonds. The van der Waals surface area contributed by atoms with Crippen LogP contribution in [0.15, 0.2) is 77.0 Å². The van der Waals surface area contributed by atoms with Crippen LogP contribution in [0, 0.1) is 0 Å². The summed E-state index contributed by atoms with van der Waals surface area (Å²) in [5.41, 5.74) is 2.78. The SMILES string of the molecule is CC(C)(C)OC(=O)N1CC(=NOCc2ccccc2)c2ncn(CCSc3ccccc3)c2C1. The maximum absolute atomic E-state index is 12.9. The fourth-order valence-electron chi connectivity index (χ4n) is 3.56. The molecule has 0 spiro atoms. The normalized spacial score (nSPS) is 14.7. The van der Waals surface area contributed by atoms with Gasteiger partial charge < -0.3 is 14.1 Å². The van der Waals surface area contributed by atoms with Crippen LogP contribution < -0.4 is 0 Å². The highest BCUT2D eigenvalue weighted by molar-refractivity contribution is 7.99. The maximum atomic E-state index is 12.9. The first-order chi connectivity index (χ1) is 16.4. The lowest BCUT2D eigenvalue weighted by atomic mass is 10.1. The van der Waals surface area contributed by atoms with Crippen molar-refractivity contribution in [2.75, 3.05) is 12.3 Å². The van der Waals surface area contributed by atoms with Gasteiger partial charge in [0.1, 0.15) is 23.6 Å². The first kappa shape index (κ1) is 23.9. The molecule has 0 radical (unpaired) electrons. The van der Waals surface area contributed by atoms with E-state index in [9.17, 15) is 4.79 Å². The lowest BCUT2D eigenvalue weighted by Gasteiger charge is -2.30. The van der Waals surface area contributed by atoms with Crippen molar-refractivity contribution in [3.8, 4) is 0 Å². The molecule has 0 aliphatic carbocycles. The Morgan fingerprint density at radius 1 is 1.06 bits per heavy atom. The van der Waals surface area contributed by atoms with Crippen molar-refractivity contribution in [1.29, 1.82) is 0 Å². The minimum atomic E-state index is -0.578. The Labute approximate surface area is 204 Å². The zero-order valence-electron chi connectivity index (χ0n) is 19.8. The molecular formula is C26H30N4O3S. The monoisotopic (exact) mass is 478 g/mol. The van der Waals surface area contributed by atoms with E-state index in [0.29, 0.717) is 18.9 Å². The molecule has 0 saturated carbocycles. The van der Waals surface area contributed by atoms with E-state index in [-0.39, 0.29) is 12.6 Å². The second-order valence-electron chi connectivity index (χ2n) is 9.03. The molecule has 0 unspecified atom stereocenters. The lowest BCUT2D eigenvalue weighted by Crippen LogP contribution is -2.43. The standard InChI is InChI=1S/C26H30N4O3S/c1-26(2,3)33-25(31)30-16-22(28-32-18-20-10-6-4-7-11-20)24-23(17-30)29(19-27-24)14-15-34-21-12-8-5-9-13-21/h4-13,19H,14-18H2,1-3H3. The number of thioether (sulfide) groups is 1. The summed E-state index contributed by atoms with van der Waals surface area (Å²) in [5, 5.41) is 4.38. The number of aryl methyl sites for hydroxylation is 1. The van der Waals surface area contributed by atoms with Crippen LogP contribution in [-0.2, 0) is 29.3 Å². The second-order valence-corrected chi connectivity index (χ2v) is 10.2. The summed E-state index contributed by atoms with van der Waals surface area (Å²) in [6.45, 7) is 7.41. The Kier molecular flexibility index (Phi) is 7.57. The summed E-state index contributed by atoms with van der Waals surface area (Å²) < 4.78 is 7.72. The van der Waals surface area contributed by atoms with E-state index in [4.69, 9.17) is 9.57 Å². The van der Waals surface area contributed by atoms with Crippen molar-refractivity contribution in [1.82, 2.24) is 14.5 Å². The number of hydrogen-bond acceptors (Lipinski definition) is 6. The molecule has 3 aromatic rings. The molecular weight excluding hydrogens is 448 g/mol. The average molecular weight is 479 g/mol. The minimum Gasteiger partial charge on any atom is -0.444 e. The molecule has 8 heteroatoms. The van der Waals surface area contributed by atoms with Crippen molar-refractivity contribution < 1.29 is 14.4 Å². The second kappa shape index (κ2) is 10.8. The van der Waals surface area contributed by atoms with Crippen LogP contribution in [0.2, 0.25) is 0 Å². The van der Waals surface area contributed by atoms with E-state index < -0.39 is 5.60 Å². The molecule has 0 bridgehead atoms. The smallest absolute Gasteiger partial charge is 0.411 e. The van der Waals surface area contributed by atoms with Crippen LogP contribution in [0.25, 0.3) is 0 Å². The number of amides is 1. The van der Waals surface area contributed by atoms with Gasteiger partial charge in [-0.2, -0.15) is 0 Å². The van der Waals surface area contributed by atoms with Crippen LogP contribution in [0.1, 0.15) is 37.7 Å². The molecule has 1 aliphatic rings. The summed E-state index contributed by atoms with van der Waals surface area (Å²) in [4.78, 5) is 26.0. The number of carbonyl (C=O) groups is 1. The van der Waals surface area contributed by atoms with Crippen LogP contribution in [0.4, 0.5) is 4.79 Å². The highest BCUT2D eigenvalue weighted by Crippen LogP contribution is 2.23. The third kappa shape index (κ3) is 6.41. The van der Waals surface area contributed by atoms with Gasteiger partial charge in [0.15, 0.2) is 0 Å². The van der Waals surface area contributed by atoms with Gasteiger partial charge in [-0.05, 0) is 38.5 Å².